The van der Waals surface area contributed by atoms with Crippen molar-refractivity contribution < 1.29 is 19.8 Å². The number of nitrogens with zero attached hydrogens (tertiary/aromatic N) is 5. The first-order valence-electron chi connectivity index (χ1n) is 18.0. The highest BCUT2D eigenvalue weighted by molar-refractivity contribution is 7.27. The minimum Gasteiger partial charge on any atom is -0.476 e. The van der Waals surface area contributed by atoms with Crippen molar-refractivity contribution in [1.29, 1.82) is 0 Å². The molecule has 3 unspecified atom stereocenters. The van der Waals surface area contributed by atoms with Gasteiger partial charge in [0.1, 0.15) is 5.82 Å². The van der Waals surface area contributed by atoms with Crippen molar-refractivity contribution in [3.8, 4) is 11.1 Å². The number of hydrogen-bond acceptors (Lipinski definition) is 8. The predicted molar refractivity (Wildman–Crippen MR) is 207 cm³/mol. The summed E-state index contributed by atoms with van der Waals surface area (Å²) in [7, 11) is 2.79. The van der Waals surface area contributed by atoms with Gasteiger partial charge in [0.2, 0.25) is 0 Å². The summed E-state index contributed by atoms with van der Waals surface area (Å²) in [6.07, 6.45) is 8.30. The van der Waals surface area contributed by atoms with E-state index in [0.29, 0.717) is 48.1 Å². The number of anilines is 2. The van der Waals surface area contributed by atoms with Gasteiger partial charge in [0.25, 0.3) is 5.91 Å². The zero-order valence-electron chi connectivity index (χ0n) is 29.7. The van der Waals surface area contributed by atoms with E-state index in [0.717, 1.165) is 76.4 Å². The second kappa shape index (κ2) is 11.7. The zero-order chi connectivity index (χ0) is 36.2. The Hall–Kier alpha value is -4.18. The minimum atomic E-state index is -1.10. The van der Waals surface area contributed by atoms with Crippen LogP contribution in [0.4, 0.5) is 10.9 Å². The molecular weight excluding hydrogens is 692 g/mol. The van der Waals surface area contributed by atoms with Crippen LogP contribution < -0.4 is 15.5 Å². The maximum absolute atomic E-state index is 13.7. The van der Waals surface area contributed by atoms with Gasteiger partial charge in [0.05, 0.1) is 22.0 Å². The van der Waals surface area contributed by atoms with Crippen molar-refractivity contribution in [2.24, 2.45) is 16.2 Å². The first-order chi connectivity index (χ1) is 24.7. The number of carboxylic acids is 1. The average molecular weight is 735 g/mol. The summed E-state index contributed by atoms with van der Waals surface area (Å²) in [5.74, 6) is -0.782. The normalized spacial score (nSPS) is 27.6. The number of pyridine rings is 1. The van der Waals surface area contributed by atoms with E-state index >= 15 is 0 Å². The van der Waals surface area contributed by atoms with Crippen molar-refractivity contribution in [2.75, 3.05) is 16.8 Å². The fourth-order valence-electron chi connectivity index (χ4n) is 11.4. The molecule has 1 aliphatic heterocycles. The molecule has 4 bridgehead atoms. The Morgan fingerprint density at radius 1 is 0.942 bits per heavy atom. The lowest BCUT2D eigenvalue weighted by molar-refractivity contribution is -0.229. The number of nitrogens with one attached hydrogen (secondary N) is 1. The van der Waals surface area contributed by atoms with Crippen LogP contribution in [0.3, 0.4) is 0 Å². The van der Waals surface area contributed by atoms with Crippen molar-refractivity contribution in [1.82, 2.24) is 19.7 Å². The number of hydrogen-bond donors (Lipinski definition) is 3. The van der Waals surface area contributed by atoms with E-state index in [9.17, 15) is 19.8 Å². The number of carbonyl (C=O) groups excluding carboxylic acids is 1. The first-order valence-corrected chi connectivity index (χ1v) is 19.4. The maximum atomic E-state index is 13.7. The van der Waals surface area contributed by atoms with E-state index in [4.69, 9.17) is 10.1 Å². The van der Waals surface area contributed by atoms with E-state index in [1.54, 1.807) is 6.20 Å². The molecule has 5 aliphatic rings. The average Bonchev–Trinajstić information content (AvgIpc) is 3.64. The van der Waals surface area contributed by atoms with Crippen molar-refractivity contribution in [2.45, 2.75) is 84.4 Å². The van der Waals surface area contributed by atoms with Gasteiger partial charge in [-0.2, -0.15) is 5.10 Å². The molecule has 0 radical (unpaired) electrons. The highest BCUT2D eigenvalue weighted by atomic mass is 32.1. The molecule has 4 heterocycles. The monoisotopic (exact) mass is 734 g/mol. The van der Waals surface area contributed by atoms with Crippen LogP contribution >= 0.6 is 20.6 Å². The molecule has 10 rings (SSSR count). The molecule has 3 aromatic heterocycles. The summed E-state index contributed by atoms with van der Waals surface area (Å²) in [5, 5.41) is 31.5. The van der Waals surface area contributed by atoms with E-state index in [1.807, 2.05) is 65.0 Å². The Bertz CT molecular complexity index is 2230. The van der Waals surface area contributed by atoms with Crippen molar-refractivity contribution in [3.63, 3.8) is 0 Å². The van der Waals surface area contributed by atoms with Gasteiger partial charge in [0.15, 0.2) is 10.8 Å². The number of amides is 1. The number of para-hydroxylation sites is 1. The molecule has 1 amide bonds. The summed E-state index contributed by atoms with van der Waals surface area (Å²) < 4.78 is 3.03. The number of benzene rings is 2. The molecule has 12 heteroatoms. The van der Waals surface area contributed by atoms with E-state index in [1.165, 1.54) is 11.3 Å². The molecule has 0 spiro atoms. The molecule has 2 aromatic carbocycles. The molecule has 0 saturated heterocycles. The molecule has 5 aromatic rings. The van der Waals surface area contributed by atoms with Crippen LogP contribution in [0.25, 0.3) is 21.3 Å². The van der Waals surface area contributed by atoms with Crippen LogP contribution in [0.1, 0.15) is 90.0 Å². The van der Waals surface area contributed by atoms with Gasteiger partial charge in [-0.25, -0.2) is 14.8 Å². The fourth-order valence-corrected chi connectivity index (χ4v) is 12.7. The van der Waals surface area contributed by atoms with Crippen LogP contribution in [-0.4, -0.2) is 54.0 Å². The Balaban J connectivity index is 0.987. The van der Waals surface area contributed by atoms with Gasteiger partial charge in [-0.15, -0.1) is 9.24 Å². The van der Waals surface area contributed by atoms with E-state index < -0.39 is 11.6 Å². The molecule has 3 N–H and O–H groups in total. The molecule has 3 atom stereocenters. The third-order valence-corrected chi connectivity index (χ3v) is 13.7. The highest BCUT2D eigenvalue weighted by Gasteiger charge is 2.65. The third kappa shape index (κ3) is 5.63. The second-order valence-electron chi connectivity index (χ2n) is 16.9. The minimum absolute atomic E-state index is 0.0244. The molecule has 4 fully saturated rings. The van der Waals surface area contributed by atoms with Gasteiger partial charge in [0, 0.05) is 42.0 Å². The summed E-state index contributed by atoms with van der Waals surface area (Å²) in [6.45, 7) is 8.44. The first kappa shape index (κ1) is 33.6. The zero-order valence-corrected chi connectivity index (χ0v) is 31.7. The molecular formula is C40H43N6O4PS. The van der Waals surface area contributed by atoms with Crippen LogP contribution in [0, 0.1) is 23.2 Å². The quantitative estimate of drug-likeness (QED) is 0.153. The standard InChI is InChI=1S/C40H43N6O4PS/c1-23-27(14-41-46(23)22-39-17-37(2)16-38(3,18-39)20-40(50,19-37)21-39)25-9-11-32(43-33(25)35(48)49)45-13-12-24-28(15-45)26(8-10-30(24)51)34(47)44-36-42-29-6-4-5-7-31(29)52-36/h4-11,14,50H,12-13,15-22,51H2,1-3H3,(H,48,49)(H,42,44,47). The van der Waals surface area contributed by atoms with Gasteiger partial charge in [-0.3, -0.25) is 14.8 Å². The number of aromatic carboxylic acids is 1. The lowest BCUT2D eigenvalue weighted by Gasteiger charge is -2.68. The van der Waals surface area contributed by atoms with E-state index in [-0.39, 0.29) is 27.8 Å². The van der Waals surface area contributed by atoms with Gasteiger partial charge < -0.3 is 15.1 Å². The second-order valence-corrected chi connectivity index (χ2v) is 18.5. The van der Waals surface area contributed by atoms with Crippen molar-refractivity contribution >= 4 is 58.9 Å². The smallest absolute Gasteiger partial charge is 0.355 e. The lowest BCUT2D eigenvalue weighted by Crippen LogP contribution is -2.63. The number of rotatable bonds is 7. The predicted octanol–water partition coefficient (Wildman–Crippen LogP) is 6.99. The number of carboxylic acid groups (broad SMARTS) is 1. The molecule has 268 valence electrons. The molecule has 4 aliphatic carbocycles. The summed E-state index contributed by atoms with van der Waals surface area (Å²) in [4.78, 5) is 37.8. The molecule has 52 heavy (non-hydrogen) atoms. The summed E-state index contributed by atoms with van der Waals surface area (Å²) >= 11 is 1.44. The van der Waals surface area contributed by atoms with Gasteiger partial charge in [-0.1, -0.05) is 43.4 Å². The largest absolute Gasteiger partial charge is 0.476 e. The third-order valence-electron chi connectivity index (χ3n) is 12.2. The topological polar surface area (TPSA) is 133 Å². The number of thiazole rings is 1. The van der Waals surface area contributed by atoms with Gasteiger partial charge in [-0.05, 0) is 115 Å². The SMILES string of the molecule is Cc1c(-c2ccc(N3CCc4c(P)ccc(C(=O)Nc5nc6ccccc6s5)c4C3)nc2C(=O)O)cnn1CC12CC3(C)CC(C)(CC(O)(C3)C1)C2. The Kier molecular flexibility index (Phi) is 7.54. The fraction of sp³-hybridized carbons (Fsp3) is 0.425. The van der Waals surface area contributed by atoms with Crippen molar-refractivity contribution in [3.05, 3.63) is 82.8 Å². The lowest BCUT2D eigenvalue weighted by atomic mass is 9.39. The summed E-state index contributed by atoms with van der Waals surface area (Å²) in [6, 6.07) is 15.3. The number of aromatic nitrogens is 4. The van der Waals surface area contributed by atoms with Crippen LogP contribution in [0.5, 0.6) is 0 Å². The van der Waals surface area contributed by atoms with Crippen LogP contribution in [0.15, 0.2) is 54.7 Å². The Labute approximate surface area is 308 Å². The van der Waals surface area contributed by atoms with Crippen LogP contribution in [0.2, 0.25) is 0 Å². The maximum Gasteiger partial charge on any atom is 0.355 e. The number of aliphatic hydroxyl groups is 1. The molecule has 4 saturated carbocycles. The van der Waals surface area contributed by atoms with Gasteiger partial charge >= 0.3 is 5.97 Å². The number of carbonyl (C=O) groups is 2. The summed E-state index contributed by atoms with van der Waals surface area (Å²) in [5.41, 5.74) is 5.17. The van der Waals surface area contributed by atoms with E-state index in [2.05, 4.69) is 33.4 Å². The Morgan fingerprint density at radius 2 is 1.71 bits per heavy atom. The Morgan fingerprint density at radius 3 is 2.44 bits per heavy atom. The highest BCUT2D eigenvalue weighted by Crippen LogP contribution is 2.71. The molecule has 10 nitrogen and oxygen atoms in total. The number of fused-ring (bicyclic) bond motifs is 2. The van der Waals surface area contributed by atoms with Crippen LogP contribution in [-0.2, 0) is 19.5 Å².